The Morgan fingerprint density at radius 1 is 0.634 bits per heavy atom. The number of thioether (sulfide) groups is 1. The Labute approximate surface area is 550 Å². The van der Waals surface area contributed by atoms with Crippen molar-refractivity contribution >= 4 is 76.5 Å². The number of allylic oxidation sites excluding steroid dienone is 4. The summed E-state index contributed by atoms with van der Waals surface area (Å²) in [6, 6.07) is -5.47. The summed E-state index contributed by atoms with van der Waals surface area (Å²) in [5.41, 5.74) is -0.499. The lowest BCUT2D eigenvalue weighted by Gasteiger charge is -2.62. The lowest BCUT2D eigenvalue weighted by atomic mass is 9.44. The van der Waals surface area contributed by atoms with Gasteiger partial charge in [0.25, 0.3) is 0 Å². The normalized spacial score (nSPS) is 25.2. The average molecular weight is 1340 g/mol. The molecule has 12 N–H and O–H groups in total. The highest BCUT2D eigenvalue weighted by molar-refractivity contribution is 7.99. The number of rotatable bonds is 38. The van der Waals surface area contributed by atoms with Gasteiger partial charge in [-0.2, -0.15) is 11.8 Å². The second-order valence-corrected chi connectivity index (χ2v) is 28.9. The highest BCUT2D eigenvalue weighted by atomic mass is 32.2. The van der Waals surface area contributed by atoms with E-state index in [-0.39, 0.29) is 106 Å². The monoisotopic (exact) mass is 1340 g/mol. The number of hydrogen-bond donors (Lipinski definition) is 11. The molecule has 4 rings (SSSR count). The zero-order valence-electron chi connectivity index (χ0n) is 56.3. The number of nitrogens with two attached hydrogens (primary N) is 1. The standard InChI is InChI=1S/C65H106FN9O17S/c1-38(2)29-72(57(87)19-25-93-37-52(82)65(92)42(9)26-46-45-13-12-43-27-44(80)14-20-62(43,10)64(45,66)51(81)28-63(46,65)11)33-53(83)69-48(16-22-77)59(89)74(31-40(5)6)35-55(85)71-50(18-24-79)61(91)75(32-41(7)8)36-56(86)70-49(17-23-78)60(90)73(30-39(3)4)34-54(84)68-47(15-21-76)58(67)88/h14,20,27,38-42,45-51,76-79,81,92H,12-13,15-19,21-26,28-37H2,1-11H3,(H2,67,88)(H,68,84)(H,69,83)(H,70,86)(H,71,85)/t42-,45+,46+,47+,48+,49+,50+,51+,62+,63+,64+,65+/m1/s1. The largest absolute Gasteiger partial charge is 0.396 e. The molecule has 0 aromatic rings. The van der Waals surface area contributed by atoms with Crippen molar-refractivity contribution in [1.82, 2.24) is 40.9 Å². The fourth-order valence-electron chi connectivity index (χ4n) is 14.3. The topological polar surface area (TPSA) is 396 Å². The number of alkyl halides is 1. The van der Waals surface area contributed by atoms with Crippen LogP contribution in [0.15, 0.2) is 23.8 Å². The van der Waals surface area contributed by atoms with Gasteiger partial charge in [0.15, 0.2) is 17.2 Å². The minimum atomic E-state index is -2.14. The summed E-state index contributed by atoms with van der Waals surface area (Å²) in [5.74, 6) is -10.3. The number of aliphatic hydroxyl groups is 6. The molecule has 0 unspecified atom stereocenters. The molecule has 0 saturated heterocycles. The first-order chi connectivity index (χ1) is 43.5. The summed E-state index contributed by atoms with van der Waals surface area (Å²) in [7, 11) is 0. The van der Waals surface area contributed by atoms with Gasteiger partial charge in [-0.25, -0.2) is 4.39 Å². The first kappa shape index (κ1) is 79.5. The van der Waals surface area contributed by atoms with Crippen LogP contribution in [0, 0.1) is 52.3 Å². The van der Waals surface area contributed by atoms with E-state index in [4.69, 9.17) is 5.73 Å². The maximum Gasteiger partial charge on any atom is 0.245 e. The van der Waals surface area contributed by atoms with Crippen molar-refractivity contribution in [2.24, 2.45) is 58.0 Å². The number of nitrogens with one attached hydrogen (secondary N) is 4. The first-order valence-corrected chi connectivity index (χ1v) is 33.8. The molecule has 0 aliphatic heterocycles. The van der Waals surface area contributed by atoms with Crippen LogP contribution in [-0.4, -0.2) is 247 Å². The van der Waals surface area contributed by atoms with E-state index < -0.39 is 182 Å². The van der Waals surface area contributed by atoms with E-state index in [0.717, 1.165) is 26.5 Å². The van der Waals surface area contributed by atoms with Gasteiger partial charge in [-0.05, 0) is 106 Å². The number of nitrogens with zero attached hydrogens (tertiary/aromatic N) is 4. The number of fused-ring (bicyclic) bond motifs is 5. The van der Waals surface area contributed by atoms with E-state index >= 15 is 4.39 Å². The van der Waals surface area contributed by atoms with Gasteiger partial charge in [-0.3, -0.25) is 52.7 Å². The molecular weight excluding hydrogens is 1230 g/mol. The number of Topliss-reactive ketones (excluding diaryl/α,β-unsaturated/α-hetero) is 1. The number of halogens is 1. The Morgan fingerprint density at radius 2 is 1.02 bits per heavy atom. The molecule has 3 saturated carbocycles. The molecule has 4 aliphatic carbocycles. The van der Waals surface area contributed by atoms with Crippen molar-refractivity contribution in [2.45, 2.75) is 175 Å². The Bertz CT molecular complexity index is 2740. The summed E-state index contributed by atoms with van der Waals surface area (Å²) < 4.78 is 17.7. The maximum absolute atomic E-state index is 17.7. The Hall–Kier alpha value is -5.91. The van der Waals surface area contributed by atoms with Crippen molar-refractivity contribution < 1.29 is 87.8 Å². The van der Waals surface area contributed by atoms with Gasteiger partial charge in [-0.15, -0.1) is 0 Å². The number of carbonyl (C=O) groups excluding carboxylic acids is 11. The zero-order chi connectivity index (χ0) is 70.1. The molecule has 9 amide bonds. The smallest absolute Gasteiger partial charge is 0.245 e. The molecule has 12 atom stereocenters. The van der Waals surface area contributed by atoms with Gasteiger partial charge in [-0.1, -0.05) is 80.9 Å². The molecule has 0 heterocycles. The highest BCUT2D eigenvalue weighted by Crippen LogP contribution is 2.70. The van der Waals surface area contributed by atoms with Gasteiger partial charge in [0.1, 0.15) is 29.8 Å². The van der Waals surface area contributed by atoms with Crippen LogP contribution in [0.4, 0.5) is 4.39 Å². The molecular formula is C65H106FN9O17S. The molecule has 0 radical (unpaired) electrons. The summed E-state index contributed by atoms with van der Waals surface area (Å²) in [6.07, 6.45) is 2.50. The molecule has 0 aromatic carbocycles. The Balaban J connectivity index is 1.41. The predicted molar refractivity (Wildman–Crippen MR) is 344 cm³/mol. The molecule has 26 nitrogen and oxygen atoms in total. The lowest BCUT2D eigenvalue weighted by Crippen LogP contribution is -2.69. The van der Waals surface area contributed by atoms with E-state index in [9.17, 15) is 83.4 Å². The van der Waals surface area contributed by atoms with Crippen molar-refractivity contribution in [3.63, 3.8) is 0 Å². The van der Waals surface area contributed by atoms with E-state index in [1.165, 1.54) is 17.1 Å². The molecule has 4 aliphatic rings. The predicted octanol–water partition coefficient (Wildman–Crippen LogP) is -0.0808. The van der Waals surface area contributed by atoms with E-state index in [0.29, 0.717) is 24.8 Å². The van der Waals surface area contributed by atoms with Crippen LogP contribution < -0.4 is 27.0 Å². The molecule has 3 fully saturated rings. The van der Waals surface area contributed by atoms with Gasteiger partial charge < -0.3 is 77.2 Å². The van der Waals surface area contributed by atoms with Crippen molar-refractivity contribution in [3.05, 3.63) is 23.8 Å². The van der Waals surface area contributed by atoms with Gasteiger partial charge in [0.05, 0.1) is 38.0 Å². The van der Waals surface area contributed by atoms with Crippen LogP contribution in [0.25, 0.3) is 0 Å². The SMILES string of the molecule is CC(C)CN(CC(=O)N[C@@H](CCO)C(=O)N(CC(=O)N[C@@H](CCO)C(=O)N(CC(=O)N[C@@H](CCO)C(=O)N(CC(=O)N[C@@H](CCO)C(N)=O)CC(C)C)CC(C)C)CC(C)C)C(=O)CCSCC(=O)[C@@]1(O)[C@H](C)C[C@H]2[C@@H]3CCC4=CC(=O)C=C[C@]4(C)[C@@]3(F)[C@@H](O)C[C@@]21C. The number of aliphatic hydroxyl groups excluding tert-OH is 5. The second-order valence-electron chi connectivity index (χ2n) is 27.8. The molecule has 93 heavy (non-hydrogen) atoms. The van der Waals surface area contributed by atoms with Crippen LogP contribution >= 0.6 is 11.8 Å². The third-order valence-electron chi connectivity index (χ3n) is 18.6. The van der Waals surface area contributed by atoms with E-state index in [1.807, 2.05) is 13.8 Å². The molecule has 526 valence electrons. The Morgan fingerprint density at radius 3 is 1.42 bits per heavy atom. The van der Waals surface area contributed by atoms with Gasteiger partial charge in [0, 0.05) is 81.5 Å². The number of amides is 9. The van der Waals surface area contributed by atoms with Gasteiger partial charge in [0.2, 0.25) is 53.2 Å². The minimum Gasteiger partial charge on any atom is -0.396 e. The second kappa shape index (κ2) is 35.2. The number of hydrogen-bond acceptors (Lipinski definition) is 18. The number of carbonyl (C=O) groups is 11. The van der Waals surface area contributed by atoms with Crippen LogP contribution in [0.3, 0.4) is 0 Å². The van der Waals surface area contributed by atoms with Gasteiger partial charge >= 0.3 is 0 Å². The van der Waals surface area contributed by atoms with Crippen molar-refractivity contribution in [1.29, 1.82) is 0 Å². The fraction of sp³-hybridized carbons (Fsp3) is 0.769. The fourth-order valence-corrected chi connectivity index (χ4v) is 15.2. The van der Waals surface area contributed by atoms with E-state index in [2.05, 4.69) is 21.3 Å². The maximum atomic E-state index is 17.7. The van der Waals surface area contributed by atoms with Crippen molar-refractivity contribution in [2.75, 3.05) is 90.3 Å². The summed E-state index contributed by atoms with van der Waals surface area (Å²) in [5, 5.41) is 74.0. The van der Waals surface area contributed by atoms with Crippen LogP contribution in [-0.2, 0) is 52.7 Å². The third kappa shape index (κ3) is 19.9. The third-order valence-corrected chi connectivity index (χ3v) is 19.5. The average Bonchev–Trinajstić information content (AvgIpc) is 1.63. The number of ketones is 2. The van der Waals surface area contributed by atoms with Crippen molar-refractivity contribution in [3.8, 4) is 0 Å². The molecule has 28 heteroatoms. The summed E-state index contributed by atoms with van der Waals surface area (Å²) >= 11 is 1.12. The minimum absolute atomic E-state index is 0.0130. The molecule has 0 aromatic heterocycles. The summed E-state index contributed by atoms with van der Waals surface area (Å²) in [6.45, 7) is 14.9. The zero-order valence-corrected chi connectivity index (χ0v) is 57.1. The molecule has 0 spiro atoms. The molecule has 0 bridgehead atoms. The quantitative estimate of drug-likeness (QED) is 0.0360. The summed E-state index contributed by atoms with van der Waals surface area (Å²) in [4.78, 5) is 154. The number of primary amides is 1. The van der Waals surface area contributed by atoms with E-state index in [1.54, 1.807) is 68.4 Å². The first-order valence-electron chi connectivity index (χ1n) is 32.7. The lowest BCUT2D eigenvalue weighted by molar-refractivity contribution is -0.218. The Kier molecular flexibility index (Phi) is 30.1. The highest BCUT2D eigenvalue weighted by Gasteiger charge is 2.75. The van der Waals surface area contributed by atoms with Crippen LogP contribution in [0.2, 0.25) is 0 Å². The van der Waals surface area contributed by atoms with Crippen LogP contribution in [0.1, 0.15) is 134 Å². The van der Waals surface area contributed by atoms with Crippen LogP contribution in [0.5, 0.6) is 0 Å².